The van der Waals surface area contributed by atoms with Crippen molar-refractivity contribution in [2.24, 2.45) is 0 Å². The molecule has 0 spiro atoms. The topological polar surface area (TPSA) is 55.1 Å². The molecule has 0 saturated carbocycles. The standard InChI is InChI=1S/C18H16ClFN2O2/c1-3-10(2)22-9-13(11-4-6-14(19)15(20)8-11)12-5-7-16(18(23)24)21-17(12)22/h4-10H,3H2,1-2H3,(H,23,24). The third kappa shape index (κ3) is 2.76. The van der Waals surface area contributed by atoms with E-state index in [0.29, 0.717) is 11.2 Å². The number of carboxylic acid groups (broad SMARTS) is 1. The molecule has 6 heteroatoms. The van der Waals surface area contributed by atoms with Crippen LogP contribution in [0.5, 0.6) is 0 Å². The fourth-order valence-electron chi connectivity index (χ4n) is 2.67. The summed E-state index contributed by atoms with van der Waals surface area (Å²) in [5, 5.41) is 10.0. The second-order valence-corrected chi connectivity index (χ2v) is 6.12. The summed E-state index contributed by atoms with van der Waals surface area (Å²) in [4.78, 5) is 15.5. The average Bonchev–Trinajstić information content (AvgIpc) is 2.95. The van der Waals surface area contributed by atoms with E-state index in [4.69, 9.17) is 11.6 Å². The van der Waals surface area contributed by atoms with Crippen LogP contribution in [0, 0.1) is 5.82 Å². The Morgan fingerprint density at radius 1 is 1.38 bits per heavy atom. The van der Waals surface area contributed by atoms with Crippen LogP contribution < -0.4 is 0 Å². The maximum absolute atomic E-state index is 13.8. The van der Waals surface area contributed by atoms with E-state index >= 15 is 0 Å². The minimum absolute atomic E-state index is 0.0148. The summed E-state index contributed by atoms with van der Waals surface area (Å²) in [6, 6.07) is 7.94. The van der Waals surface area contributed by atoms with Crippen molar-refractivity contribution in [2.45, 2.75) is 26.3 Å². The predicted octanol–water partition coefficient (Wildman–Crippen LogP) is 5.17. The maximum atomic E-state index is 13.8. The quantitative estimate of drug-likeness (QED) is 0.709. The molecule has 4 nitrogen and oxygen atoms in total. The number of hydrogen-bond donors (Lipinski definition) is 1. The Morgan fingerprint density at radius 2 is 2.12 bits per heavy atom. The molecule has 0 fully saturated rings. The first-order valence-electron chi connectivity index (χ1n) is 7.62. The van der Waals surface area contributed by atoms with Crippen LogP contribution in [-0.4, -0.2) is 20.6 Å². The van der Waals surface area contributed by atoms with Gasteiger partial charge in [0.15, 0.2) is 5.69 Å². The molecule has 2 aromatic heterocycles. The fraction of sp³-hybridized carbons (Fsp3) is 0.222. The molecule has 124 valence electrons. The number of pyridine rings is 1. The molecule has 0 radical (unpaired) electrons. The first-order valence-corrected chi connectivity index (χ1v) is 8.00. The van der Waals surface area contributed by atoms with Gasteiger partial charge in [-0.1, -0.05) is 24.6 Å². The van der Waals surface area contributed by atoms with Crippen LogP contribution in [0.3, 0.4) is 0 Å². The molecule has 3 aromatic rings. The second-order valence-electron chi connectivity index (χ2n) is 5.71. The van der Waals surface area contributed by atoms with Gasteiger partial charge in [-0.2, -0.15) is 0 Å². The molecule has 1 unspecified atom stereocenters. The lowest BCUT2D eigenvalue weighted by Crippen LogP contribution is -2.06. The minimum Gasteiger partial charge on any atom is -0.477 e. The summed E-state index contributed by atoms with van der Waals surface area (Å²) in [5.74, 6) is -1.57. The van der Waals surface area contributed by atoms with Gasteiger partial charge in [-0.05, 0) is 43.2 Å². The van der Waals surface area contributed by atoms with Crippen LogP contribution in [0.4, 0.5) is 4.39 Å². The number of carbonyl (C=O) groups is 1. The highest BCUT2D eigenvalue weighted by Gasteiger charge is 2.17. The van der Waals surface area contributed by atoms with Crippen LogP contribution >= 0.6 is 11.6 Å². The zero-order valence-electron chi connectivity index (χ0n) is 13.3. The van der Waals surface area contributed by atoms with Gasteiger partial charge in [-0.15, -0.1) is 0 Å². The Labute approximate surface area is 143 Å². The van der Waals surface area contributed by atoms with E-state index in [-0.39, 0.29) is 16.8 Å². The first kappa shape index (κ1) is 16.5. The van der Waals surface area contributed by atoms with E-state index in [1.54, 1.807) is 12.1 Å². The van der Waals surface area contributed by atoms with Crippen molar-refractivity contribution in [1.82, 2.24) is 9.55 Å². The Kier molecular flexibility index (Phi) is 4.28. The fourth-order valence-corrected chi connectivity index (χ4v) is 2.79. The van der Waals surface area contributed by atoms with Crippen LogP contribution in [0.15, 0.2) is 36.5 Å². The molecule has 1 atom stereocenters. The highest BCUT2D eigenvalue weighted by atomic mass is 35.5. The smallest absolute Gasteiger partial charge is 0.354 e. The van der Waals surface area contributed by atoms with Gasteiger partial charge in [0.05, 0.1) is 5.02 Å². The van der Waals surface area contributed by atoms with Gasteiger partial charge in [0, 0.05) is 23.2 Å². The van der Waals surface area contributed by atoms with Crippen molar-refractivity contribution < 1.29 is 14.3 Å². The SMILES string of the molecule is CCC(C)n1cc(-c2ccc(Cl)c(F)c2)c2ccc(C(=O)O)nc21. The third-order valence-electron chi connectivity index (χ3n) is 4.19. The van der Waals surface area contributed by atoms with Gasteiger partial charge in [0.2, 0.25) is 0 Å². The second kappa shape index (κ2) is 6.24. The molecule has 3 rings (SSSR count). The highest BCUT2D eigenvalue weighted by molar-refractivity contribution is 6.30. The molecular weight excluding hydrogens is 331 g/mol. The Hall–Kier alpha value is -2.40. The predicted molar refractivity (Wildman–Crippen MR) is 92.1 cm³/mol. The molecule has 24 heavy (non-hydrogen) atoms. The number of aromatic nitrogens is 2. The van der Waals surface area contributed by atoms with Gasteiger partial charge in [0.1, 0.15) is 11.5 Å². The zero-order chi connectivity index (χ0) is 17.4. The average molecular weight is 347 g/mol. The van der Waals surface area contributed by atoms with Crippen molar-refractivity contribution in [3.05, 3.63) is 53.1 Å². The van der Waals surface area contributed by atoms with Gasteiger partial charge >= 0.3 is 5.97 Å². The first-order chi connectivity index (χ1) is 11.4. The Morgan fingerprint density at radius 3 is 2.75 bits per heavy atom. The summed E-state index contributed by atoms with van der Waals surface area (Å²) < 4.78 is 15.8. The van der Waals surface area contributed by atoms with Crippen molar-refractivity contribution in [3.63, 3.8) is 0 Å². The molecule has 2 heterocycles. The normalized spacial score (nSPS) is 12.5. The monoisotopic (exact) mass is 346 g/mol. The summed E-state index contributed by atoms with van der Waals surface area (Å²) >= 11 is 5.76. The molecule has 0 aliphatic rings. The number of benzene rings is 1. The van der Waals surface area contributed by atoms with E-state index < -0.39 is 11.8 Å². The van der Waals surface area contributed by atoms with E-state index in [2.05, 4.69) is 4.98 Å². The molecule has 0 aliphatic carbocycles. The summed E-state index contributed by atoms with van der Waals surface area (Å²) in [6.07, 6.45) is 2.75. The van der Waals surface area contributed by atoms with Crippen molar-refractivity contribution in [1.29, 1.82) is 0 Å². The summed E-state index contributed by atoms with van der Waals surface area (Å²) in [6.45, 7) is 4.07. The summed E-state index contributed by atoms with van der Waals surface area (Å²) in [7, 11) is 0. The van der Waals surface area contributed by atoms with Crippen LogP contribution in [0.1, 0.15) is 36.8 Å². The number of rotatable bonds is 4. The van der Waals surface area contributed by atoms with Crippen molar-refractivity contribution >= 4 is 28.6 Å². The maximum Gasteiger partial charge on any atom is 0.354 e. The lowest BCUT2D eigenvalue weighted by molar-refractivity contribution is 0.0691. The van der Waals surface area contributed by atoms with E-state index in [1.807, 2.05) is 24.6 Å². The Bertz CT molecular complexity index is 936. The molecule has 0 amide bonds. The van der Waals surface area contributed by atoms with E-state index in [0.717, 1.165) is 17.4 Å². The highest BCUT2D eigenvalue weighted by Crippen LogP contribution is 2.34. The van der Waals surface area contributed by atoms with Crippen molar-refractivity contribution in [2.75, 3.05) is 0 Å². The largest absolute Gasteiger partial charge is 0.477 e. The number of carboxylic acids is 1. The molecule has 0 bridgehead atoms. The van der Waals surface area contributed by atoms with Crippen LogP contribution in [0.2, 0.25) is 5.02 Å². The minimum atomic E-state index is -1.08. The number of aromatic carboxylic acids is 1. The lowest BCUT2D eigenvalue weighted by atomic mass is 10.1. The van der Waals surface area contributed by atoms with Gasteiger partial charge in [-0.25, -0.2) is 14.2 Å². The van der Waals surface area contributed by atoms with Crippen molar-refractivity contribution in [3.8, 4) is 11.1 Å². The number of hydrogen-bond acceptors (Lipinski definition) is 2. The Balaban J connectivity index is 2.28. The van der Waals surface area contributed by atoms with Gasteiger partial charge < -0.3 is 9.67 Å². The van der Waals surface area contributed by atoms with Gasteiger partial charge in [-0.3, -0.25) is 0 Å². The van der Waals surface area contributed by atoms with E-state index in [9.17, 15) is 14.3 Å². The molecule has 1 aromatic carbocycles. The lowest BCUT2D eigenvalue weighted by Gasteiger charge is -2.11. The molecular formula is C18H16ClFN2O2. The van der Waals surface area contributed by atoms with Crippen LogP contribution in [-0.2, 0) is 0 Å². The number of nitrogens with zero attached hydrogens (tertiary/aromatic N) is 2. The van der Waals surface area contributed by atoms with Gasteiger partial charge in [0.25, 0.3) is 0 Å². The van der Waals surface area contributed by atoms with Crippen LogP contribution in [0.25, 0.3) is 22.2 Å². The number of fused-ring (bicyclic) bond motifs is 1. The summed E-state index contributed by atoms with van der Waals surface area (Å²) in [5.41, 5.74) is 2.03. The zero-order valence-corrected chi connectivity index (χ0v) is 14.0. The molecule has 0 saturated heterocycles. The third-order valence-corrected chi connectivity index (χ3v) is 4.50. The molecule has 0 aliphatic heterocycles. The van der Waals surface area contributed by atoms with E-state index in [1.165, 1.54) is 18.2 Å². The number of halogens is 2. The molecule has 1 N–H and O–H groups in total.